The topological polar surface area (TPSA) is 72.6 Å². The summed E-state index contributed by atoms with van der Waals surface area (Å²) in [4.78, 5) is 16.6. The monoisotopic (exact) mass is 361 g/mol. The Morgan fingerprint density at radius 1 is 1.15 bits per heavy atom. The van der Waals surface area contributed by atoms with Crippen LogP contribution in [0.25, 0.3) is 21.9 Å². The van der Waals surface area contributed by atoms with E-state index in [-0.39, 0.29) is 22.5 Å². The van der Waals surface area contributed by atoms with Gasteiger partial charge in [0.15, 0.2) is 5.43 Å². The highest BCUT2D eigenvalue weighted by atomic mass is 16.5. The summed E-state index contributed by atoms with van der Waals surface area (Å²) in [7, 11) is 0. The molecule has 5 nitrogen and oxygen atoms in total. The van der Waals surface area contributed by atoms with Gasteiger partial charge in [0, 0.05) is 41.3 Å². The third-order valence-corrected chi connectivity index (χ3v) is 4.51. The molecule has 0 spiro atoms. The zero-order valence-corrected chi connectivity index (χ0v) is 15.1. The molecule has 2 heterocycles. The van der Waals surface area contributed by atoms with Gasteiger partial charge >= 0.3 is 0 Å². The quantitative estimate of drug-likeness (QED) is 0.568. The number of phenolic OH excluding ortho intramolecular Hbond substituents is 1. The maximum Gasteiger partial charge on any atom is 0.196 e. The normalized spacial score (nSPS) is 11.4. The summed E-state index contributed by atoms with van der Waals surface area (Å²) in [5, 5.41) is 11.5. The number of para-hydroxylation sites is 1. The standard InChI is InChI=1S/C22H19NO4/c1-13(2)20-11-19(25)22-18(24)9-15(10-21(22)27-20)26-12-14-7-8-23-17-6-4-3-5-16(14)17/h3-11,13,24H,12H2,1-2H3. The van der Waals surface area contributed by atoms with Gasteiger partial charge in [-0.2, -0.15) is 0 Å². The first kappa shape index (κ1) is 17.1. The Balaban J connectivity index is 1.70. The second-order valence-electron chi connectivity index (χ2n) is 6.76. The fraction of sp³-hybridized carbons (Fsp3) is 0.182. The second-order valence-corrected chi connectivity index (χ2v) is 6.76. The van der Waals surface area contributed by atoms with Gasteiger partial charge in [-0.3, -0.25) is 9.78 Å². The number of pyridine rings is 1. The van der Waals surface area contributed by atoms with Crippen molar-refractivity contribution >= 4 is 21.9 Å². The average molecular weight is 361 g/mol. The first-order valence-corrected chi connectivity index (χ1v) is 8.79. The van der Waals surface area contributed by atoms with E-state index < -0.39 is 0 Å². The summed E-state index contributed by atoms with van der Waals surface area (Å²) in [5.41, 5.74) is 1.94. The van der Waals surface area contributed by atoms with Gasteiger partial charge in [-0.25, -0.2) is 0 Å². The Morgan fingerprint density at radius 2 is 1.96 bits per heavy atom. The molecule has 2 aromatic heterocycles. The van der Waals surface area contributed by atoms with Gasteiger partial charge in [0.2, 0.25) is 0 Å². The lowest BCUT2D eigenvalue weighted by atomic mass is 10.1. The number of ether oxygens (including phenoxy) is 1. The maximum absolute atomic E-state index is 12.3. The molecule has 0 amide bonds. The smallest absolute Gasteiger partial charge is 0.196 e. The number of aromatic nitrogens is 1. The van der Waals surface area contributed by atoms with E-state index in [1.807, 2.05) is 44.2 Å². The number of phenols is 1. The summed E-state index contributed by atoms with van der Waals surface area (Å²) in [6, 6.07) is 14.3. The molecular formula is C22H19NO4. The number of hydrogen-bond donors (Lipinski definition) is 1. The molecule has 0 radical (unpaired) electrons. The van der Waals surface area contributed by atoms with Gasteiger partial charge in [0.05, 0.1) is 5.52 Å². The van der Waals surface area contributed by atoms with Crippen LogP contribution in [0.15, 0.2) is 63.9 Å². The fourth-order valence-electron chi connectivity index (χ4n) is 3.07. The number of rotatable bonds is 4. The predicted molar refractivity (Wildman–Crippen MR) is 104 cm³/mol. The molecule has 0 bridgehead atoms. The molecule has 0 unspecified atom stereocenters. The van der Waals surface area contributed by atoms with Crippen LogP contribution in [0.1, 0.15) is 31.1 Å². The van der Waals surface area contributed by atoms with Crippen molar-refractivity contribution in [3.8, 4) is 11.5 Å². The van der Waals surface area contributed by atoms with Gasteiger partial charge < -0.3 is 14.3 Å². The van der Waals surface area contributed by atoms with Gasteiger partial charge in [-0.05, 0) is 12.1 Å². The van der Waals surface area contributed by atoms with Crippen LogP contribution in [-0.4, -0.2) is 10.1 Å². The lowest BCUT2D eigenvalue weighted by Gasteiger charge is -2.11. The largest absolute Gasteiger partial charge is 0.507 e. The van der Waals surface area contributed by atoms with Crippen LogP contribution in [0.4, 0.5) is 0 Å². The van der Waals surface area contributed by atoms with E-state index >= 15 is 0 Å². The molecule has 0 saturated heterocycles. The SMILES string of the molecule is CC(C)c1cc(=O)c2c(O)cc(OCc3ccnc4ccccc34)cc2o1. The van der Waals surface area contributed by atoms with Crippen LogP contribution in [0.3, 0.4) is 0 Å². The molecule has 0 aliphatic heterocycles. The van der Waals surface area contributed by atoms with E-state index in [0.717, 1.165) is 16.5 Å². The van der Waals surface area contributed by atoms with Crippen molar-refractivity contribution in [3.63, 3.8) is 0 Å². The van der Waals surface area contributed by atoms with Gasteiger partial charge in [0.1, 0.15) is 34.8 Å². The highest BCUT2D eigenvalue weighted by molar-refractivity contribution is 5.85. The number of nitrogens with zero attached hydrogens (tertiary/aromatic N) is 1. The minimum Gasteiger partial charge on any atom is -0.507 e. The minimum atomic E-state index is -0.260. The summed E-state index contributed by atoms with van der Waals surface area (Å²) < 4.78 is 11.7. The van der Waals surface area contributed by atoms with Gasteiger partial charge in [-0.1, -0.05) is 32.0 Å². The third-order valence-electron chi connectivity index (χ3n) is 4.51. The molecule has 27 heavy (non-hydrogen) atoms. The van der Waals surface area contributed by atoms with E-state index in [2.05, 4.69) is 4.98 Å². The van der Waals surface area contributed by atoms with Crippen molar-refractivity contribution < 1.29 is 14.3 Å². The van der Waals surface area contributed by atoms with E-state index in [4.69, 9.17) is 9.15 Å². The molecule has 0 aliphatic carbocycles. The number of fused-ring (bicyclic) bond motifs is 2. The van der Waals surface area contributed by atoms with Crippen LogP contribution in [0, 0.1) is 0 Å². The molecule has 5 heteroatoms. The first-order valence-electron chi connectivity index (χ1n) is 8.79. The Morgan fingerprint density at radius 3 is 2.78 bits per heavy atom. The molecule has 0 aliphatic rings. The van der Waals surface area contributed by atoms with Crippen molar-refractivity contribution in [1.82, 2.24) is 4.98 Å². The summed E-state index contributed by atoms with van der Waals surface area (Å²) in [6.07, 6.45) is 1.74. The Labute approximate surface area is 155 Å². The molecule has 1 N–H and O–H groups in total. The molecule has 0 saturated carbocycles. The lowest BCUT2D eigenvalue weighted by Crippen LogP contribution is -2.04. The fourth-order valence-corrected chi connectivity index (χ4v) is 3.07. The van der Waals surface area contributed by atoms with E-state index in [1.54, 1.807) is 12.3 Å². The number of aromatic hydroxyl groups is 1. The lowest BCUT2D eigenvalue weighted by molar-refractivity contribution is 0.305. The minimum absolute atomic E-state index is 0.0667. The average Bonchev–Trinajstić information content (AvgIpc) is 2.65. The Hall–Kier alpha value is -3.34. The summed E-state index contributed by atoms with van der Waals surface area (Å²) >= 11 is 0. The van der Waals surface area contributed by atoms with Crippen molar-refractivity contribution in [1.29, 1.82) is 0 Å². The zero-order chi connectivity index (χ0) is 19.0. The summed E-state index contributed by atoms with van der Waals surface area (Å²) in [6.45, 7) is 4.19. The third kappa shape index (κ3) is 3.24. The van der Waals surface area contributed by atoms with E-state index in [9.17, 15) is 9.90 Å². The Bertz CT molecular complexity index is 1190. The second kappa shape index (κ2) is 6.76. The first-order chi connectivity index (χ1) is 13.0. The van der Waals surface area contributed by atoms with Crippen LogP contribution >= 0.6 is 0 Å². The molecule has 2 aromatic carbocycles. The van der Waals surface area contributed by atoms with Crippen molar-refractivity contribution in [2.45, 2.75) is 26.4 Å². The van der Waals surface area contributed by atoms with Crippen LogP contribution in [0.2, 0.25) is 0 Å². The van der Waals surface area contributed by atoms with Crippen LogP contribution in [0.5, 0.6) is 11.5 Å². The van der Waals surface area contributed by atoms with E-state index in [1.165, 1.54) is 12.1 Å². The summed E-state index contributed by atoms with van der Waals surface area (Å²) in [5.74, 6) is 0.928. The van der Waals surface area contributed by atoms with Crippen molar-refractivity contribution in [2.75, 3.05) is 0 Å². The van der Waals surface area contributed by atoms with Crippen molar-refractivity contribution in [3.05, 3.63) is 76.3 Å². The highest BCUT2D eigenvalue weighted by Gasteiger charge is 2.13. The van der Waals surface area contributed by atoms with E-state index in [0.29, 0.717) is 23.7 Å². The molecular weight excluding hydrogens is 342 g/mol. The molecule has 0 atom stereocenters. The van der Waals surface area contributed by atoms with Crippen molar-refractivity contribution in [2.24, 2.45) is 0 Å². The highest BCUT2D eigenvalue weighted by Crippen LogP contribution is 2.30. The van der Waals surface area contributed by atoms with Crippen LogP contribution in [-0.2, 0) is 6.61 Å². The molecule has 4 aromatic rings. The van der Waals surface area contributed by atoms with Gasteiger partial charge in [0.25, 0.3) is 0 Å². The molecule has 0 fully saturated rings. The zero-order valence-electron chi connectivity index (χ0n) is 15.1. The van der Waals surface area contributed by atoms with Crippen LogP contribution < -0.4 is 10.2 Å². The van der Waals surface area contributed by atoms with Gasteiger partial charge in [-0.15, -0.1) is 0 Å². The molecule has 136 valence electrons. The Kier molecular flexibility index (Phi) is 4.28. The molecule has 4 rings (SSSR count). The number of benzene rings is 2. The predicted octanol–water partition coefficient (Wildman–Crippen LogP) is 4.75. The maximum atomic E-state index is 12.3. The number of hydrogen-bond acceptors (Lipinski definition) is 5.